The third kappa shape index (κ3) is 5.84. The van der Waals surface area contributed by atoms with Gasteiger partial charge in [0.05, 0.1) is 5.02 Å². The Labute approximate surface area is 143 Å². The molecule has 0 saturated carbocycles. The molecule has 3 nitrogen and oxygen atoms in total. The summed E-state index contributed by atoms with van der Waals surface area (Å²) in [7, 11) is 0. The number of piperidine rings is 1. The molecule has 0 spiro atoms. The highest BCUT2D eigenvalue weighted by Crippen LogP contribution is 2.27. The summed E-state index contributed by atoms with van der Waals surface area (Å²) in [5, 5.41) is 1.18. The van der Waals surface area contributed by atoms with Crippen LogP contribution in [-0.4, -0.2) is 37.2 Å². The van der Waals surface area contributed by atoms with Gasteiger partial charge < -0.3 is 10.5 Å². The van der Waals surface area contributed by atoms with Gasteiger partial charge in [0.25, 0.3) is 0 Å². The topological polar surface area (TPSA) is 38.5 Å². The highest BCUT2D eigenvalue weighted by Gasteiger charge is 2.22. The van der Waals surface area contributed by atoms with Crippen molar-refractivity contribution in [2.45, 2.75) is 25.8 Å². The zero-order chi connectivity index (χ0) is 14.5. The number of hydrogen-bond donors (Lipinski definition) is 1. The SMILES string of the molecule is CC(N)C1CCCN(CCOc2ccc(Cl)cc2Cl)C1.Cl. The second-order valence-corrected chi connectivity index (χ2v) is 6.33. The van der Waals surface area contributed by atoms with Crippen LogP contribution in [0.15, 0.2) is 18.2 Å². The molecular weight excluding hydrogens is 331 g/mol. The standard InChI is InChI=1S/C15H22Cl2N2O.ClH/c1-11(18)12-3-2-6-19(10-12)7-8-20-15-5-4-13(16)9-14(15)17;/h4-5,9,11-12H,2-3,6-8,10,18H2,1H3;1H. The molecule has 6 heteroatoms. The summed E-state index contributed by atoms with van der Waals surface area (Å²) in [4.78, 5) is 2.42. The number of nitrogens with zero attached hydrogens (tertiary/aromatic N) is 1. The van der Waals surface area contributed by atoms with E-state index in [-0.39, 0.29) is 18.4 Å². The first-order valence-corrected chi connectivity index (χ1v) is 7.87. The predicted octanol–water partition coefficient (Wildman–Crippen LogP) is 3.85. The normalized spacial score (nSPS) is 20.7. The molecule has 0 aliphatic carbocycles. The number of nitrogens with two attached hydrogens (primary N) is 1. The summed E-state index contributed by atoms with van der Waals surface area (Å²) in [5.74, 6) is 1.29. The molecule has 1 saturated heterocycles. The number of benzene rings is 1. The van der Waals surface area contributed by atoms with Gasteiger partial charge in [0.2, 0.25) is 0 Å². The van der Waals surface area contributed by atoms with Crippen LogP contribution in [0.5, 0.6) is 5.75 Å². The molecule has 1 aromatic carbocycles. The molecule has 21 heavy (non-hydrogen) atoms. The zero-order valence-corrected chi connectivity index (χ0v) is 14.6. The fraction of sp³-hybridized carbons (Fsp3) is 0.600. The number of likely N-dealkylation sites (tertiary alicyclic amines) is 1. The molecular formula is C15H23Cl3N2O. The van der Waals surface area contributed by atoms with Crippen LogP contribution in [0.25, 0.3) is 0 Å². The van der Waals surface area contributed by atoms with Crippen LogP contribution in [0.3, 0.4) is 0 Å². The smallest absolute Gasteiger partial charge is 0.138 e. The van der Waals surface area contributed by atoms with Crippen molar-refractivity contribution in [2.75, 3.05) is 26.2 Å². The van der Waals surface area contributed by atoms with Gasteiger partial charge in [0, 0.05) is 24.2 Å². The van der Waals surface area contributed by atoms with E-state index >= 15 is 0 Å². The van der Waals surface area contributed by atoms with Gasteiger partial charge in [-0.25, -0.2) is 0 Å². The van der Waals surface area contributed by atoms with E-state index in [1.807, 2.05) is 6.07 Å². The van der Waals surface area contributed by atoms with Crippen LogP contribution in [0, 0.1) is 5.92 Å². The van der Waals surface area contributed by atoms with Gasteiger partial charge in [0.15, 0.2) is 0 Å². The van der Waals surface area contributed by atoms with Gasteiger partial charge in [-0.2, -0.15) is 0 Å². The molecule has 1 aromatic rings. The molecule has 0 amide bonds. The Kier molecular flexibility index (Phi) is 8.14. The molecule has 0 aromatic heterocycles. The van der Waals surface area contributed by atoms with Gasteiger partial charge in [-0.1, -0.05) is 23.2 Å². The van der Waals surface area contributed by atoms with Crippen molar-refractivity contribution < 1.29 is 4.74 Å². The highest BCUT2D eigenvalue weighted by atomic mass is 35.5. The molecule has 2 atom stereocenters. The minimum absolute atomic E-state index is 0. The minimum atomic E-state index is 0. The van der Waals surface area contributed by atoms with Crippen LogP contribution in [0.1, 0.15) is 19.8 Å². The summed E-state index contributed by atoms with van der Waals surface area (Å²) in [6, 6.07) is 5.57. The Bertz CT molecular complexity index is 443. The zero-order valence-electron chi connectivity index (χ0n) is 12.2. The van der Waals surface area contributed by atoms with Crippen molar-refractivity contribution in [3.63, 3.8) is 0 Å². The second-order valence-electron chi connectivity index (χ2n) is 5.49. The van der Waals surface area contributed by atoms with Crippen LogP contribution < -0.4 is 10.5 Å². The summed E-state index contributed by atoms with van der Waals surface area (Å²) in [5.41, 5.74) is 6.00. The number of halogens is 3. The van der Waals surface area contributed by atoms with E-state index in [0.29, 0.717) is 28.3 Å². The van der Waals surface area contributed by atoms with Gasteiger partial charge in [-0.3, -0.25) is 4.90 Å². The molecule has 2 N–H and O–H groups in total. The Morgan fingerprint density at radius 1 is 1.43 bits per heavy atom. The Morgan fingerprint density at radius 3 is 2.86 bits per heavy atom. The summed E-state index contributed by atoms with van der Waals surface area (Å²) < 4.78 is 5.73. The third-order valence-corrected chi connectivity index (χ3v) is 4.38. The summed E-state index contributed by atoms with van der Waals surface area (Å²) in [6.45, 7) is 5.82. The summed E-state index contributed by atoms with van der Waals surface area (Å²) >= 11 is 11.9. The average molecular weight is 354 g/mol. The molecule has 1 fully saturated rings. The molecule has 0 bridgehead atoms. The Balaban J connectivity index is 0.00000220. The fourth-order valence-electron chi connectivity index (χ4n) is 2.60. The van der Waals surface area contributed by atoms with Gasteiger partial charge in [0.1, 0.15) is 12.4 Å². The van der Waals surface area contributed by atoms with Gasteiger partial charge >= 0.3 is 0 Å². The number of hydrogen-bond acceptors (Lipinski definition) is 3. The third-order valence-electron chi connectivity index (χ3n) is 3.84. The lowest BCUT2D eigenvalue weighted by molar-refractivity contribution is 0.137. The molecule has 2 unspecified atom stereocenters. The Hall–Kier alpha value is -0.190. The Morgan fingerprint density at radius 2 is 2.19 bits per heavy atom. The first-order valence-electron chi connectivity index (χ1n) is 7.12. The monoisotopic (exact) mass is 352 g/mol. The van der Waals surface area contributed by atoms with E-state index < -0.39 is 0 Å². The van der Waals surface area contributed by atoms with E-state index in [9.17, 15) is 0 Å². The van der Waals surface area contributed by atoms with E-state index in [0.717, 1.165) is 19.6 Å². The predicted molar refractivity (Wildman–Crippen MR) is 92.0 cm³/mol. The number of ether oxygens (including phenoxy) is 1. The summed E-state index contributed by atoms with van der Waals surface area (Å²) in [6.07, 6.45) is 2.45. The average Bonchev–Trinajstić information content (AvgIpc) is 2.41. The molecule has 120 valence electrons. The molecule has 1 aliphatic rings. The van der Waals surface area contributed by atoms with Crippen LogP contribution in [0.2, 0.25) is 10.0 Å². The van der Waals surface area contributed by atoms with Crippen LogP contribution >= 0.6 is 35.6 Å². The van der Waals surface area contributed by atoms with E-state index in [1.54, 1.807) is 12.1 Å². The minimum Gasteiger partial charge on any atom is -0.491 e. The van der Waals surface area contributed by atoms with Crippen LogP contribution in [-0.2, 0) is 0 Å². The quantitative estimate of drug-likeness (QED) is 0.873. The molecule has 1 heterocycles. The first kappa shape index (κ1) is 18.9. The van der Waals surface area contributed by atoms with Crippen molar-refractivity contribution in [2.24, 2.45) is 11.7 Å². The van der Waals surface area contributed by atoms with Crippen molar-refractivity contribution in [3.05, 3.63) is 28.2 Å². The lowest BCUT2D eigenvalue weighted by Gasteiger charge is -2.34. The van der Waals surface area contributed by atoms with Gasteiger partial charge in [-0.05, 0) is 50.4 Å². The largest absolute Gasteiger partial charge is 0.491 e. The first-order chi connectivity index (χ1) is 9.56. The lowest BCUT2D eigenvalue weighted by atomic mass is 9.92. The maximum absolute atomic E-state index is 6.08. The van der Waals surface area contributed by atoms with Crippen molar-refractivity contribution in [1.29, 1.82) is 0 Å². The van der Waals surface area contributed by atoms with Gasteiger partial charge in [-0.15, -0.1) is 12.4 Å². The number of rotatable bonds is 5. The van der Waals surface area contributed by atoms with Crippen molar-refractivity contribution in [3.8, 4) is 5.75 Å². The highest BCUT2D eigenvalue weighted by molar-refractivity contribution is 6.35. The van der Waals surface area contributed by atoms with Crippen LogP contribution in [0.4, 0.5) is 0 Å². The van der Waals surface area contributed by atoms with Crippen molar-refractivity contribution in [1.82, 2.24) is 4.90 Å². The van der Waals surface area contributed by atoms with E-state index in [1.165, 1.54) is 12.8 Å². The molecule has 1 aliphatic heterocycles. The molecule has 2 rings (SSSR count). The van der Waals surface area contributed by atoms with E-state index in [2.05, 4.69) is 11.8 Å². The lowest BCUT2D eigenvalue weighted by Crippen LogP contribution is -2.43. The molecule has 0 radical (unpaired) electrons. The maximum atomic E-state index is 6.08. The van der Waals surface area contributed by atoms with E-state index in [4.69, 9.17) is 33.7 Å². The fourth-order valence-corrected chi connectivity index (χ4v) is 3.06. The van der Waals surface area contributed by atoms with Crippen molar-refractivity contribution >= 4 is 35.6 Å². The maximum Gasteiger partial charge on any atom is 0.138 e. The second kappa shape index (κ2) is 9.06.